The maximum absolute atomic E-state index is 4.72. The van der Waals surface area contributed by atoms with Crippen LogP contribution in [-0.4, -0.2) is 60.7 Å². The zero-order chi connectivity index (χ0) is 17.8. The van der Waals surface area contributed by atoms with E-state index in [1.54, 1.807) is 0 Å². The van der Waals surface area contributed by atoms with E-state index in [2.05, 4.69) is 56.2 Å². The van der Waals surface area contributed by atoms with E-state index in [9.17, 15) is 0 Å². The Balaban J connectivity index is 1.40. The second-order valence-corrected chi connectivity index (χ2v) is 7.03. The summed E-state index contributed by atoms with van der Waals surface area (Å²) in [6.07, 6.45) is 4.44. The molecule has 6 heteroatoms. The number of anilines is 4. The summed E-state index contributed by atoms with van der Waals surface area (Å²) in [5, 5.41) is 3.34. The largest absolute Gasteiger partial charge is 0.372 e. The number of nitrogens with one attached hydrogen (secondary N) is 1. The van der Waals surface area contributed by atoms with Gasteiger partial charge in [0.2, 0.25) is 5.95 Å². The van der Waals surface area contributed by atoms with Crippen LogP contribution in [0.15, 0.2) is 36.5 Å². The number of aromatic nitrogens is 2. The number of hydrogen-bond donors (Lipinski definition) is 1. The third-order valence-corrected chi connectivity index (χ3v) is 5.38. The van der Waals surface area contributed by atoms with Crippen molar-refractivity contribution in [2.75, 3.05) is 60.9 Å². The van der Waals surface area contributed by atoms with E-state index in [0.717, 1.165) is 44.2 Å². The Morgan fingerprint density at radius 2 is 1.62 bits per heavy atom. The van der Waals surface area contributed by atoms with Gasteiger partial charge in [-0.3, -0.25) is 0 Å². The van der Waals surface area contributed by atoms with E-state index in [4.69, 9.17) is 4.98 Å². The second-order valence-electron chi connectivity index (χ2n) is 7.03. The van der Waals surface area contributed by atoms with Crippen molar-refractivity contribution < 1.29 is 0 Å². The quantitative estimate of drug-likeness (QED) is 0.893. The van der Waals surface area contributed by atoms with Crippen LogP contribution in [0.5, 0.6) is 0 Å². The number of nitrogens with zero attached hydrogens (tertiary/aromatic N) is 5. The summed E-state index contributed by atoms with van der Waals surface area (Å²) < 4.78 is 0. The van der Waals surface area contributed by atoms with Gasteiger partial charge in [-0.15, -0.1) is 0 Å². The fourth-order valence-electron chi connectivity index (χ4n) is 3.74. The van der Waals surface area contributed by atoms with Gasteiger partial charge in [0, 0.05) is 56.8 Å². The fraction of sp³-hybridized carbons (Fsp3) is 0.500. The van der Waals surface area contributed by atoms with Gasteiger partial charge in [-0.25, -0.2) is 4.98 Å². The van der Waals surface area contributed by atoms with E-state index < -0.39 is 0 Å². The van der Waals surface area contributed by atoms with E-state index in [1.807, 2.05) is 12.3 Å². The molecule has 138 valence electrons. The third kappa shape index (κ3) is 3.90. The highest BCUT2D eigenvalue weighted by Gasteiger charge is 2.17. The first-order valence-electron chi connectivity index (χ1n) is 9.74. The maximum atomic E-state index is 4.72. The van der Waals surface area contributed by atoms with Crippen LogP contribution in [0.2, 0.25) is 0 Å². The Kier molecular flexibility index (Phi) is 5.20. The van der Waals surface area contributed by atoms with Crippen LogP contribution in [0.1, 0.15) is 19.8 Å². The number of hydrogen-bond acceptors (Lipinski definition) is 6. The Morgan fingerprint density at radius 3 is 2.31 bits per heavy atom. The van der Waals surface area contributed by atoms with Crippen LogP contribution in [-0.2, 0) is 0 Å². The lowest BCUT2D eigenvalue weighted by atomic mass is 10.2. The molecule has 0 unspecified atom stereocenters. The van der Waals surface area contributed by atoms with E-state index >= 15 is 0 Å². The monoisotopic (exact) mass is 352 g/mol. The van der Waals surface area contributed by atoms with Crippen LogP contribution in [0.25, 0.3) is 0 Å². The average Bonchev–Trinajstić information content (AvgIpc) is 3.24. The predicted molar refractivity (Wildman–Crippen MR) is 108 cm³/mol. The lowest BCUT2D eigenvalue weighted by Gasteiger charge is -2.34. The molecular weight excluding hydrogens is 324 g/mol. The summed E-state index contributed by atoms with van der Waals surface area (Å²) >= 11 is 0. The van der Waals surface area contributed by atoms with Crippen molar-refractivity contribution in [3.8, 4) is 0 Å². The van der Waals surface area contributed by atoms with Crippen LogP contribution < -0.4 is 15.1 Å². The Hall–Kier alpha value is -2.34. The molecule has 2 aliphatic rings. The van der Waals surface area contributed by atoms with Crippen LogP contribution in [0.4, 0.5) is 23.1 Å². The Bertz CT molecular complexity index is 702. The van der Waals surface area contributed by atoms with Crippen LogP contribution in [0, 0.1) is 0 Å². The minimum absolute atomic E-state index is 0.661. The van der Waals surface area contributed by atoms with Gasteiger partial charge >= 0.3 is 0 Å². The highest BCUT2D eigenvalue weighted by molar-refractivity contribution is 5.60. The zero-order valence-corrected chi connectivity index (χ0v) is 15.6. The molecular formula is C20H28N6. The fourth-order valence-corrected chi connectivity index (χ4v) is 3.74. The normalized spacial score (nSPS) is 18.3. The van der Waals surface area contributed by atoms with Gasteiger partial charge in [0.1, 0.15) is 5.82 Å². The SMILES string of the molecule is CCN1CCN(c2ccnc(Nc3ccc(N4CCCC4)cc3)n2)CC1. The van der Waals surface area contributed by atoms with Crippen LogP contribution in [0.3, 0.4) is 0 Å². The summed E-state index contributed by atoms with van der Waals surface area (Å²) in [5.74, 6) is 1.67. The maximum Gasteiger partial charge on any atom is 0.229 e. The lowest BCUT2D eigenvalue weighted by Crippen LogP contribution is -2.46. The number of likely N-dealkylation sites (N-methyl/N-ethyl adjacent to an activating group) is 1. The number of benzene rings is 1. The highest BCUT2D eigenvalue weighted by Crippen LogP contribution is 2.23. The standard InChI is InChI=1S/C20H28N6/c1-2-24-13-15-26(16-14-24)19-9-10-21-20(23-19)22-17-5-7-18(8-6-17)25-11-3-4-12-25/h5-10H,2-4,11-16H2,1H3,(H,21,22,23). The van der Waals surface area contributed by atoms with Crippen molar-refractivity contribution in [2.45, 2.75) is 19.8 Å². The van der Waals surface area contributed by atoms with Crippen molar-refractivity contribution in [2.24, 2.45) is 0 Å². The molecule has 0 bridgehead atoms. The van der Waals surface area contributed by atoms with Gasteiger partial charge < -0.3 is 20.0 Å². The van der Waals surface area contributed by atoms with Crippen molar-refractivity contribution in [1.29, 1.82) is 0 Å². The molecule has 0 radical (unpaired) electrons. The molecule has 1 aromatic carbocycles. The summed E-state index contributed by atoms with van der Waals surface area (Å²) in [5.41, 5.74) is 2.33. The van der Waals surface area contributed by atoms with Crippen molar-refractivity contribution >= 4 is 23.1 Å². The summed E-state index contributed by atoms with van der Waals surface area (Å²) in [4.78, 5) is 16.4. The van der Waals surface area contributed by atoms with Gasteiger partial charge in [-0.05, 0) is 49.7 Å². The lowest BCUT2D eigenvalue weighted by molar-refractivity contribution is 0.270. The van der Waals surface area contributed by atoms with Crippen LogP contribution >= 0.6 is 0 Å². The smallest absolute Gasteiger partial charge is 0.229 e. The number of rotatable bonds is 5. The molecule has 2 fully saturated rings. The molecule has 0 saturated carbocycles. The minimum Gasteiger partial charge on any atom is -0.372 e. The molecule has 1 aromatic heterocycles. The first-order chi connectivity index (χ1) is 12.8. The predicted octanol–water partition coefficient (Wildman–Crippen LogP) is 2.96. The van der Waals surface area contributed by atoms with Gasteiger partial charge in [0.15, 0.2) is 0 Å². The number of piperazine rings is 1. The summed E-state index contributed by atoms with van der Waals surface area (Å²) in [7, 11) is 0. The van der Waals surface area contributed by atoms with Gasteiger partial charge in [-0.1, -0.05) is 6.92 Å². The highest BCUT2D eigenvalue weighted by atomic mass is 15.3. The molecule has 4 rings (SSSR count). The van der Waals surface area contributed by atoms with Crippen molar-refractivity contribution in [3.05, 3.63) is 36.5 Å². The van der Waals surface area contributed by atoms with Gasteiger partial charge in [-0.2, -0.15) is 4.98 Å². The molecule has 3 heterocycles. The summed E-state index contributed by atoms with van der Waals surface area (Å²) in [6.45, 7) is 9.92. The minimum atomic E-state index is 0.661. The van der Waals surface area contributed by atoms with Gasteiger partial charge in [0.25, 0.3) is 0 Å². The zero-order valence-electron chi connectivity index (χ0n) is 15.6. The molecule has 1 N–H and O–H groups in total. The third-order valence-electron chi connectivity index (χ3n) is 5.38. The summed E-state index contributed by atoms with van der Waals surface area (Å²) in [6, 6.07) is 10.6. The molecule has 0 aliphatic carbocycles. The first-order valence-corrected chi connectivity index (χ1v) is 9.74. The molecule has 2 aliphatic heterocycles. The molecule has 2 aromatic rings. The Labute approximate surface area is 155 Å². The molecule has 26 heavy (non-hydrogen) atoms. The molecule has 6 nitrogen and oxygen atoms in total. The van der Waals surface area contributed by atoms with E-state index in [0.29, 0.717) is 5.95 Å². The molecule has 2 saturated heterocycles. The second kappa shape index (κ2) is 7.91. The molecule has 0 spiro atoms. The topological polar surface area (TPSA) is 47.5 Å². The first kappa shape index (κ1) is 17.1. The molecule has 0 amide bonds. The van der Waals surface area contributed by atoms with E-state index in [1.165, 1.54) is 31.6 Å². The van der Waals surface area contributed by atoms with Crippen molar-refractivity contribution in [3.63, 3.8) is 0 Å². The Morgan fingerprint density at radius 1 is 0.885 bits per heavy atom. The van der Waals surface area contributed by atoms with Gasteiger partial charge in [0.05, 0.1) is 0 Å². The average molecular weight is 352 g/mol. The molecule has 0 atom stereocenters. The van der Waals surface area contributed by atoms with E-state index in [-0.39, 0.29) is 0 Å². The van der Waals surface area contributed by atoms with Crippen molar-refractivity contribution in [1.82, 2.24) is 14.9 Å².